The molecule has 0 atom stereocenters. The van der Waals surface area contributed by atoms with E-state index in [-0.39, 0.29) is 5.41 Å². The number of para-hydroxylation sites is 3. The predicted octanol–water partition coefficient (Wildman–Crippen LogP) is 41.8. The zero-order valence-corrected chi connectivity index (χ0v) is 82.6. The van der Waals surface area contributed by atoms with Gasteiger partial charge in [0.05, 0.1) is 0 Å². The summed E-state index contributed by atoms with van der Waals surface area (Å²) in [6.45, 7) is 6.83. The number of hydrogen-bond acceptors (Lipinski definition) is 3. The molecule has 3 heteroatoms. The van der Waals surface area contributed by atoms with E-state index in [2.05, 4.69) is 524 Å². The van der Waals surface area contributed by atoms with E-state index in [1.165, 1.54) is 226 Å². The van der Waals surface area contributed by atoms with Crippen molar-refractivity contribution in [2.75, 3.05) is 0 Å². The highest BCUT2D eigenvalue weighted by Crippen LogP contribution is 2.52. The van der Waals surface area contributed by atoms with Gasteiger partial charge >= 0.3 is 0 Å². The summed E-state index contributed by atoms with van der Waals surface area (Å²) in [6, 6.07) is 196. The van der Waals surface area contributed by atoms with Gasteiger partial charge in [0.15, 0.2) is 0 Å². The second-order valence-corrected chi connectivity index (χ2v) is 40.3. The van der Waals surface area contributed by atoms with Gasteiger partial charge in [0.2, 0.25) is 0 Å². The first-order valence-electron chi connectivity index (χ1n) is 51.4. The van der Waals surface area contributed by atoms with E-state index in [9.17, 15) is 0 Å². The normalized spacial score (nSPS) is 11.7. The molecule has 0 bridgehead atoms. The maximum Gasteiger partial charge on any atom is 0.135 e. The van der Waals surface area contributed by atoms with Crippen molar-refractivity contribution in [3.05, 3.63) is 545 Å². The van der Waals surface area contributed by atoms with Gasteiger partial charge in [-0.3, -0.25) is 0 Å². The van der Waals surface area contributed by atoms with Crippen molar-refractivity contribution in [2.45, 2.75) is 26.2 Å². The molecule has 149 heavy (non-hydrogen) atoms. The van der Waals surface area contributed by atoms with Crippen LogP contribution < -0.4 is 0 Å². The van der Waals surface area contributed by atoms with Crippen molar-refractivity contribution >= 4 is 141 Å². The first-order valence-corrected chi connectivity index (χ1v) is 51.4. The maximum atomic E-state index is 6.13. The van der Waals surface area contributed by atoms with Gasteiger partial charge in [0.25, 0.3) is 0 Å². The Kier molecular flexibility index (Phi) is 22.2. The summed E-state index contributed by atoms with van der Waals surface area (Å²) in [4.78, 5) is 0. The SMILES string of the molecule is CC(C)(C)c1ccc(-c2c3ccccc3c(-c3ccccc3)c3ccc(-c4cccc(-c5ccc6oc7ccccc7c6c5)c4)cc23)cc1.c1ccc(-c2c3ccccc3c(-c3ccc4ccccc4c3)c3cc(-c4cccc(-c5ccc6oc7ccccc7c6c5)c4)ccc23)cc1.c1ccc(-c2cccc(-c3c4ccccc4c(-c4ccccc4)c4ccc(-c5cccc(-c6ccc7oc8ccccc8c7c6)c5)cc34)c2)cc1. The summed E-state index contributed by atoms with van der Waals surface area (Å²) >= 11 is 0. The Bertz CT molecular complexity index is 10300. The molecule has 0 aliphatic heterocycles. The van der Waals surface area contributed by atoms with Gasteiger partial charge in [-0.05, 0) is 334 Å². The van der Waals surface area contributed by atoms with E-state index >= 15 is 0 Å². The third-order valence-corrected chi connectivity index (χ3v) is 30.3. The Morgan fingerprint density at radius 3 is 0.651 bits per heavy atom. The molecule has 26 aromatic carbocycles. The molecule has 0 fully saturated rings. The van der Waals surface area contributed by atoms with Crippen molar-refractivity contribution in [2.24, 2.45) is 0 Å². The van der Waals surface area contributed by atoms with Crippen LogP contribution in [0.5, 0.6) is 0 Å². The van der Waals surface area contributed by atoms with Crippen LogP contribution in [-0.2, 0) is 5.41 Å². The largest absolute Gasteiger partial charge is 0.456 e. The topological polar surface area (TPSA) is 39.4 Å². The minimum atomic E-state index is 0.0905. The molecule has 0 N–H and O–H groups in total. The lowest BCUT2D eigenvalue weighted by atomic mass is 9.83. The zero-order chi connectivity index (χ0) is 99.2. The fraction of sp³-hybridized carbons (Fsp3) is 0.0274. The second-order valence-electron chi connectivity index (χ2n) is 40.3. The minimum Gasteiger partial charge on any atom is -0.456 e. The molecule has 29 rings (SSSR count). The number of rotatable bonds is 13. The first-order chi connectivity index (χ1) is 73.5. The third-order valence-electron chi connectivity index (χ3n) is 30.3. The number of furan rings is 3. The summed E-state index contributed by atoms with van der Waals surface area (Å²) in [5.74, 6) is 0. The molecule has 3 heterocycles. The minimum absolute atomic E-state index is 0.0905. The monoisotopic (exact) mass is 1900 g/mol. The van der Waals surface area contributed by atoms with Crippen molar-refractivity contribution < 1.29 is 13.3 Å². The molecule has 0 aliphatic rings. The molecule has 0 amide bonds. The summed E-state index contributed by atoms with van der Waals surface area (Å²) in [7, 11) is 0. The van der Waals surface area contributed by atoms with Crippen LogP contribution in [0.3, 0.4) is 0 Å². The van der Waals surface area contributed by atoms with Crippen LogP contribution in [0.15, 0.2) is 553 Å². The number of fused-ring (bicyclic) bond motifs is 16. The lowest BCUT2D eigenvalue weighted by molar-refractivity contribution is 0.590. The van der Waals surface area contributed by atoms with Gasteiger partial charge in [0.1, 0.15) is 33.5 Å². The molecule has 0 radical (unpaired) electrons. The van der Waals surface area contributed by atoms with E-state index < -0.39 is 0 Å². The van der Waals surface area contributed by atoms with Crippen LogP contribution in [-0.4, -0.2) is 0 Å². The van der Waals surface area contributed by atoms with Gasteiger partial charge in [0, 0.05) is 32.3 Å². The highest BCUT2D eigenvalue weighted by Gasteiger charge is 2.26. The molecular formula is C146H98O3. The lowest BCUT2D eigenvalue weighted by Crippen LogP contribution is -2.10. The summed E-state index contributed by atoms with van der Waals surface area (Å²) in [5, 5.41) is 24.5. The van der Waals surface area contributed by atoms with Crippen LogP contribution in [0, 0.1) is 0 Å². The number of hydrogen-bond donors (Lipinski definition) is 0. The van der Waals surface area contributed by atoms with Crippen molar-refractivity contribution in [1.82, 2.24) is 0 Å². The van der Waals surface area contributed by atoms with Gasteiger partial charge in [-0.25, -0.2) is 0 Å². The summed E-state index contributed by atoms with van der Waals surface area (Å²) < 4.78 is 18.4. The highest BCUT2D eigenvalue weighted by molar-refractivity contribution is 6.26. The van der Waals surface area contributed by atoms with Gasteiger partial charge in [-0.15, -0.1) is 0 Å². The average molecular weight is 1900 g/mol. The molecule has 700 valence electrons. The van der Waals surface area contributed by atoms with Crippen LogP contribution in [0.1, 0.15) is 26.3 Å². The molecule has 0 saturated heterocycles. The van der Waals surface area contributed by atoms with Crippen LogP contribution in [0.2, 0.25) is 0 Å². The predicted molar refractivity (Wildman–Crippen MR) is 633 cm³/mol. The van der Waals surface area contributed by atoms with E-state index in [1.54, 1.807) is 0 Å². The second kappa shape index (κ2) is 37.3. The highest BCUT2D eigenvalue weighted by atomic mass is 16.3. The average Bonchev–Trinajstić information content (AvgIpc) is 1.61. The maximum absolute atomic E-state index is 6.13. The molecule has 29 aromatic rings. The number of benzene rings is 26. The van der Waals surface area contributed by atoms with Crippen LogP contribution in [0.25, 0.3) is 286 Å². The molecular weight excluding hydrogens is 1800 g/mol. The van der Waals surface area contributed by atoms with Crippen molar-refractivity contribution in [3.63, 3.8) is 0 Å². The van der Waals surface area contributed by atoms with Crippen molar-refractivity contribution in [1.29, 1.82) is 0 Å². The molecule has 3 aromatic heterocycles. The smallest absolute Gasteiger partial charge is 0.135 e. The van der Waals surface area contributed by atoms with Gasteiger partial charge in [-0.1, -0.05) is 458 Å². The third kappa shape index (κ3) is 16.3. The Labute approximate surface area is 864 Å². The van der Waals surface area contributed by atoms with Crippen LogP contribution >= 0.6 is 0 Å². The molecule has 0 unspecified atom stereocenters. The summed E-state index contributed by atoms with van der Waals surface area (Å²) in [6.07, 6.45) is 0. The Hall–Kier alpha value is -19.1. The van der Waals surface area contributed by atoms with Crippen molar-refractivity contribution in [3.8, 4) is 145 Å². The lowest BCUT2D eigenvalue weighted by Gasteiger charge is -2.21. The molecule has 0 aliphatic carbocycles. The Morgan fingerprint density at radius 2 is 0.315 bits per heavy atom. The van der Waals surface area contributed by atoms with Gasteiger partial charge < -0.3 is 13.3 Å². The molecule has 0 spiro atoms. The first kappa shape index (κ1) is 88.8. The molecule has 0 saturated carbocycles. The Morgan fingerprint density at radius 1 is 0.114 bits per heavy atom. The van der Waals surface area contributed by atoms with Gasteiger partial charge in [-0.2, -0.15) is 0 Å². The van der Waals surface area contributed by atoms with Crippen LogP contribution in [0.4, 0.5) is 0 Å². The quantitative estimate of drug-likeness (QED) is 0.108. The zero-order valence-electron chi connectivity index (χ0n) is 82.6. The van der Waals surface area contributed by atoms with E-state index in [0.29, 0.717) is 0 Å². The standard InChI is InChI=1S/C50H32O.C48H30O.C48H36O/c1-3-13-33(14-4-1)35-17-12-20-40(30-35)50-43-23-8-7-22-42(43)49(34-15-5-2-6-16-34)44-27-25-38(32-46(44)50)36-18-11-19-37(29-36)39-26-28-48-45(31-39)41-21-9-10-24-47(41)51-48;1-2-12-32(13-3-1)47-40-18-6-7-19-41(40)48(38-22-21-31-11-4-5-14-33(31)28-38)44-30-36(23-25-42(44)47)34-15-10-16-35(27-34)37-24-26-46-43(29-37)39-17-8-9-20-45(39)49-46;1-48(2,3)37-24-20-32(21-25-37)47-40-18-8-7-17-39(40)46(31-12-5-4-6-13-31)41-26-22-35(30-43(41)47)33-14-11-15-34(28-33)36-23-27-45-42(29-36)38-16-9-10-19-44(38)49-45/h1-32H;1-30H;4-30H,1-3H3. The fourth-order valence-electron chi connectivity index (χ4n) is 23.1. The van der Waals surface area contributed by atoms with E-state index in [0.717, 1.165) is 65.8 Å². The summed E-state index contributed by atoms with van der Waals surface area (Å²) in [5.41, 5.74) is 38.6. The van der Waals surface area contributed by atoms with E-state index in [1.807, 2.05) is 36.4 Å². The van der Waals surface area contributed by atoms with E-state index in [4.69, 9.17) is 13.3 Å². The molecule has 3 nitrogen and oxygen atoms in total. The fourth-order valence-corrected chi connectivity index (χ4v) is 23.1. The Balaban J connectivity index is 0.000000110.